The lowest BCUT2D eigenvalue weighted by molar-refractivity contribution is 0.155. The second-order valence-corrected chi connectivity index (χ2v) is 7.97. The topological polar surface area (TPSA) is 41.1 Å². The fraction of sp³-hybridized carbons (Fsp3) is 0.529. The van der Waals surface area contributed by atoms with Gasteiger partial charge >= 0.3 is 0 Å². The van der Waals surface area contributed by atoms with Crippen molar-refractivity contribution < 1.29 is 0 Å². The molecule has 1 unspecified atom stereocenters. The molecule has 0 saturated carbocycles. The summed E-state index contributed by atoms with van der Waals surface area (Å²) in [5, 5.41) is 4.72. The molecule has 4 nitrogen and oxygen atoms in total. The van der Waals surface area contributed by atoms with Crippen LogP contribution in [0.15, 0.2) is 30.7 Å². The Morgan fingerprint density at radius 1 is 1.30 bits per heavy atom. The number of nitrogens with zero attached hydrogens (tertiary/aromatic N) is 3. The Bertz CT molecular complexity index is 609. The average molecular weight is 353 g/mol. The van der Waals surface area contributed by atoms with Crippen LogP contribution in [0.25, 0.3) is 0 Å². The van der Waals surface area contributed by atoms with Gasteiger partial charge in [-0.05, 0) is 17.7 Å². The largest absolute Gasteiger partial charge is 0.314 e. The fourth-order valence-corrected chi connectivity index (χ4v) is 3.77. The van der Waals surface area contributed by atoms with E-state index in [4.69, 9.17) is 0 Å². The zero-order chi connectivity index (χ0) is 15.6. The maximum Gasteiger partial charge on any atom is 0.0981 e. The average Bonchev–Trinajstić information content (AvgIpc) is 2.97. The zero-order valence-electron chi connectivity index (χ0n) is 14.0. The van der Waals surface area contributed by atoms with Crippen LogP contribution < -0.4 is 5.32 Å². The van der Waals surface area contributed by atoms with Gasteiger partial charge in [0.25, 0.3) is 0 Å². The van der Waals surface area contributed by atoms with Gasteiger partial charge in [-0.1, -0.05) is 20.8 Å². The van der Waals surface area contributed by atoms with Crippen LogP contribution >= 0.6 is 23.7 Å². The van der Waals surface area contributed by atoms with Crippen molar-refractivity contribution in [3.05, 3.63) is 46.2 Å². The Hall–Kier alpha value is -1.01. The molecule has 3 rings (SSSR count). The van der Waals surface area contributed by atoms with Crippen LogP contribution in [0.5, 0.6) is 0 Å². The van der Waals surface area contributed by atoms with Crippen LogP contribution in [-0.4, -0.2) is 34.5 Å². The third kappa shape index (κ3) is 4.51. The van der Waals surface area contributed by atoms with E-state index in [2.05, 4.69) is 59.3 Å². The molecule has 0 spiro atoms. The third-order valence-corrected chi connectivity index (χ3v) is 5.41. The monoisotopic (exact) mass is 352 g/mol. The standard InChI is InChI=1S/C17H24N4S.ClH/c1-17(2,3)16-20-10-14(22-16)12-21-9-8-19-11-15(21)13-4-6-18-7-5-13;/h4-7,10,15,19H,8-9,11-12H2,1-3H3;1H. The molecule has 3 heterocycles. The summed E-state index contributed by atoms with van der Waals surface area (Å²) >= 11 is 1.85. The van der Waals surface area contributed by atoms with E-state index in [-0.39, 0.29) is 17.8 Å². The van der Waals surface area contributed by atoms with Crippen LogP contribution in [0.4, 0.5) is 0 Å². The summed E-state index contributed by atoms with van der Waals surface area (Å²) in [4.78, 5) is 12.6. The van der Waals surface area contributed by atoms with Crippen molar-refractivity contribution in [1.82, 2.24) is 20.2 Å². The van der Waals surface area contributed by atoms with Crippen LogP contribution in [-0.2, 0) is 12.0 Å². The number of hydrogen-bond acceptors (Lipinski definition) is 5. The first-order valence-electron chi connectivity index (χ1n) is 7.84. The van der Waals surface area contributed by atoms with Gasteiger partial charge in [-0.3, -0.25) is 9.88 Å². The number of pyridine rings is 1. The predicted octanol–water partition coefficient (Wildman–Crippen LogP) is 3.40. The van der Waals surface area contributed by atoms with Gasteiger partial charge in [0.15, 0.2) is 0 Å². The Morgan fingerprint density at radius 2 is 2.04 bits per heavy atom. The SMILES string of the molecule is CC(C)(C)c1ncc(CN2CCNCC2c2ccncc2)s1.Cl. The second-order valence-electron chi connectivity index (χ2n) is 6.85. The zero-order valence-corrected chi connectivity index (χ0v) is 15.6. The van der Waals surface area contributed by atoms with Gasteiger partial charge in [0.2, 0.25) is 0 Å². The lowest BCUT2D eigenvalue weighted by Gasteiger charge is -2.36. The molecule has 6 heteroatoms. The summed E-state index contributed by atoms with van der Waals surface area (Å²) in [7, 11) is 0. The van der Waals surface area contributed by atoms with Gasteiger partial charge in [-0.2, -0.15) is 0 Å². The lowest BCUT2D eigenvalue weighted by Crippen LogP contribution is -2.45. The van der Waals surface area contributed by atoms with Gasteiger partial charge in [-0.15, -0.1) is 23.7 Å². The summed E-state index contributed by atoms with van der Waals surface area (Å²) < 4.78 is 0. The molecular weight excluding hydrogens is 328 g/mol. The van der Waals surface area contributed by atoms with Crippen molar-refractivity contribution in [2.75, 3.05) is 19.6 Å². The van der Waals surface area contributed by atoms with Gasteiger partial charge in [0.05, 0.1) is 5.01 Å². The molecule has 2 aromatic heterocycles. The lowest BCUT2D eigenvalue weighted by atomic mass is 9.98. The maximum absolute atomic E-state index is 4.62. The number of halogens is 1. The molecule has 0 bridgehead atoms. The van der Waals surface area contributed by atoms with Crippen molar-refractivity contribution in [3.8, 4) is 0 Å². The highest BCUT2D eigenvalue weighted by atomic mass is 35.5. The van der Waals surface area contributed by atoms with Crippen LogP contribution in [0.1, 0.15) is 42.3 Å². The van der Waals surface area contributed by atoms with Crippen molar-refractivity contribution >= 4 is 23.7 Å². The minimum absolute atomic E-state index is 0. The normalized spacial score (nSPS) is 19.3. The van der Waals surface area contributed by atoms with E-state index in [1.165, 1.54) is 15.4 Å². The minimum atomic E-state index is 0. The third-order valence-electron chi connectivity index (χ3n) is 4.00. The number of nitrogens with one attached hydrogen (secondary N) is 1. The van der Waals surface area contributed by atoms with E-state index in [0.717, 1.165) is 26.2 Å². The summed E-state index contributed by atoms with van der Waals surface area (Å²) in [6.07, 6.45) is 5.82. The molecular formula is C17H25ClN4S. The predicted molar refractivity (Wildman–Crippen MR) is 98.3 cm³/mol. The number of hydrogen-bond donors (Lipinski definition) is 1. The molecule has 0 radical (unpaired) electrons. The quantitative estimate of drug-likeness (QED) is 0.919. The first-order valence-corrected chi connectivity index (χ1v) is 8.65. The van der Waals surface area contributed by atoms with E-state index >= 15 is 0 Å². The highest BCUT2D eigenvalue weighted by Gasteiger charge is 2.25. The van der Waals surface area contributed by atoms with Crippen LogP contribution in [0, 0.1) is 0 Å². The van der Waals surface area contributed by atoms with Gasteiger partial charge in [-0.25, -0.2) is 4.98 Å². The molecule has 1 atom stereocenters. The first-order chi connectivity index (χ1) is 10.5. The molecule has 1 fully saturated rings. The van der Waals surface area contributed by atoms with Crippen LogP contribution in [0.3, 0.4) is 0 Å². The van der Waals surface area contributed by atoms with E-state index in [9.17, 15) is 0 Å². The smallest absolute Gasteiger partial charge is 0.0981 e. The molecule has 0 aliphatic carbocycles. The highest BCUT2D eigenvalue weighted by Crippen LogP contribution is 2.30. The van der Waals surface area contributed by atoms with E-state index in [1.54, 1.807) is 0 Å². The van der Waals surface area contributed by atoms with Gasteiger partial charge in [0.1, 0.15) is 0 Å². The fourth-order valence-electron chi connectivity index (χ4n) is 2.78. The number of thiazole rings is 1. The van der Waals surface area contributed by atoms with Crippen molar-refractivity contribution in [2.45, 2.75) is 38.8 Å². The number of rotatable bonds is 3. The second kappa shape index (κ2) is 7.71. The summed E-state index contributed by atoms with van der Waals surface area (Å²) in [5.74, 6) is 0. The molecule has 2 aromatic rings. The summed E-state index contributed by atoms with van der Waals surface area (Å²) in [6, 6.07) is 4.66. The highest BCUT2D eigenvalue weighted by molar-refractivity contribution is 7.11. The molecule has 23 heavy (non-hydrogen) atoms. The van der Waals surface area contributed by atoms with Crippen LogP contribution in [0.2, 0.25) is 0 Å². The molecule has 1 aliphatic heterocycles. The Balaban J connectivity index is 0.00000192. The van der Waals surface area contributed by atoms with Crippen molar-refractivity contribution in [3.63, 3.8) is 0 Å². The molecule has 1 saturated heterocycles. The Morgan fingerprint density at radius 3 is 2.70 bits per heavy atom. The molecule has 1 aliphatic rings. The first kappa shape index (κ1) is 18.3. The van der Waals surface area contributed by atoms with E-state index in [1.807, 2.05) is 23.7 Å². The summed E-state index contributed by atoms with van der Waals surface area (Å²) in [6.45, 7) is 10.8. The number of piperazine rings is 1. The molecule has 1 N–H and O–H groups in total. The van der Waals surface area contributed by atoms with Gasteiger partial charge in [0, 0.05) is 61.1 Å². The van der Waals surface area contributed by atoms with E-state index < -0.39 is 0 Å². The van der Waals surface area contributed by atoms with E-state index in [0.29, 0.717) is 6.04 Å². The maximum atomic E-state index is 4.62. The molecule has 0 amide bonds. The van der Waals surface area contributed by atoms with Gasteiger partial charge < -0.3 is 5.32 Å². The number of aromatic nitrogens is 2. The Kier molecular flexibility index (Phi) is 6.14. The summed E-state index contributed by atoms with van der Waals surface area (Å²) in [5.41, 5.74) is 1.47. The Labute approximate surface area is 148 Å². The molecule has 126 valence electrons. The molecule has 0 aromatic carbocycles. The minimum Gasteiger partial charge on any atom is -0.314 e. The van der Waals surface area contributed by atoms with Crippen molar-refractivity contribution in [2.24, 2.45) is 0 Å². The van der Waals surface area contributed by atoms with Crippen molar-refractivity contribution in [1.29, 1.82) is 0 Å².